The van der Waals surface area contributed by atoms with E-state index in [9.17, 15) is 0 Å². The summed E-state index contributed by atoms with van der Waals surface area (Å²) in [5.74, 6) is 0. The first-order chi connectivity index (χ1) is 4.14. The molecule has 1 nitrogen and oxygen atoms in total. The van der Waals surface area contributed by atoms with Crippen LogP contribution in [0, 0.1) is 5.41 Å². The van der Waals surface area contributed by atoms with Crippen molar-refractivity contribution in [1.29, 1.82) is 0 Å². The molecule has 1 aliphatic carbocycles. The Bertz CT molecular complexity index is 96.7. The van der Waals surface area contributed by atoms with Gasteiger partial charge in [-0.2, -0.15) is 0 Å². The van der Waals surface area contributed by atoms with Crippen LogP contribution >= 0.6 is 0 Å². The predicted molar refractivity (Wildman–Crippen MR) is 40.5 cm³/mol. The molecule has 54 valence electrons. The fourth-order valence-electron chi connectivity index (χ4n) is 1.68. The van der Waals surface area contributed by atoms with Crippen LogP contribution in [0.4, 0.5) is 0 Å². The topological polar surface area (TPSA) is 12.0 Å². The number of hydrogen-bond donors (Lipinski definition) is 1. The van der Waals surface area contributed by atoms with Gasteiger partial charge >= 0.3 is 0 Å². The molecule has 0 bridgehead atoms. The van der Waals surface area contributed by atoms with Gasteiger partial charge in [-0.1, -0.05) is 13.8 Å². The quantitative estimate of drug-likeness (QED) is 0.566. The molecule has 1 heteroatoms. The molecule has 1 rings (SSSR count). The van der Waals surface area contributed by atoms with Crippen molar-refractivity contribution in [2.24, 2.45) is 5.41 Å². The largest absolute Gasteiger partial charge is 0.317 e. The summed E-state index contributed by atoms with van der Waals surface area (Å²) in [6, 6.07) is 0.792. The first-order valence-corrected chi connectivity index (χ1v) is 3.81. The third-order valence-electron chi connectivity index (χ3n) is 2.38. The van der Waals surface area contributed by atoms with Crippen molar-refractivity contribution in [2.45, 2.75) is 39.2 Å². The van der Waals surface area contributed by atoms with E-state index in [4.69, 9.17) is 0 Å². The Kier molecular flexibility index (Phi) is 1.80. The minimum Gasteiger partial charge on any atom is -0.317 e. The van der Waals surface area contributed by atoms with E-state index in [0.717, 1.165) is 6.04 Å². The summed E-state index contributed by atoms with van der Waals surface area (Å²) in [4.78, 5) is 0. The number of hydrogen-bond acceptors (Lipinski definition) is 1. The van der Waals surface area contributed by atoms with E-state index in [2.05, 4.69) is 26.2 Å². The summed E-state index contributed by atoms with van der Waals surface area (Å²) in [5.41, 5.74) is 0.605. The Balaban J connectivity index is 2.38. The van der Waals surface area contributed by atoms with Gasteiger partial charge in [0, 0.05) is 6.04 Å². The number of nitrogens with one attached hydrogen (secondary N) is 1. The van der Waals surface area contributed by atoms with Gasteiger partial charge < -0.3 is 5.32 Å². The second kappa shape index (κ2) is 2.30. The highest BCUT2D eigenvalue weighted by Gasteiger charge is 2.29. The highest BCUT2D eigenvalue weighted by atomic mass is 14.9. The molecule has 1 fully saturated rings. The van der Waals surface area contributed by atoms with Gasteiger partial charge in [0.05, 0.1) is 0 Å². The molecule has 9 heavy (non-hydrogen) atoms. The van der Waals surface area contributed by atoms with E-state index in [-0.39, 0.29) is 0 Å². The third kappa shape index (κ3) is 1.68. The molecule has 1 aliphatic rings. The molecule has 0 amide bonds. The van der Waals surface area contributed by atoms with Crippen LogP contribution in [-0.2, 0) is 0 Å². The van der Waals surface area contributed by atoms with Crippen LogP contribution < -0.4 is 5.32 Å². The minimum atomic E-state index is 0.605. The zero-order valence-corrected chi connectivity index (χ0v) is 6.70. The molecule has 0 heterocycles. The van der Waals surface area contributed by atoms with Gasteiger partial charge in [0.1, 0.15) is 0 Å². The fraction of sp³-hybridized carbons (Fsp3) is 1.00. The SMILES string of the molecule is CN[C@@H]1CCC(C)(C)C1. The molecule has 0 radical (unpaired) electrons. The molecule has 0 aromatic rings. The smallest absolute Gasteiger partial charge is 0.00693 e. The molecular weight excluding hydrogens is 110 g/mol. The van der Waals surface area contributed by atoms with Gasteiger partial charge in [-0.15, -0.1) is 0 Å². The molecular formula is C8H17N. The number of rotatable bonds is 1. The van der Waals surface area contributed by atoms with Crippen LogP contribution in [0.5, 0.6) is 0 Å². The highest BCUT2D eigenvalue weighted by molar-refractivity contribution is 4.85. The fourth-order valence-corrected chi connectivity index (χ4v) is 1.68. The zero-order chi connectivity index (χ0) is 6.91. The van der Waals surface area contributed by atoms with Crippen LogP contribution in [-0.4, -0.2) is 13.1 Å². The van der Waals surface area contributed by atoms with Crippen LogP contribution in [0.3, 0.4) is 0 Å². The lowest BCUT2D eigenvalue weighted by Crippen LogP contribution is -2.22. The summed E-state index contributed by atoms with van der Waals surface area (Å²) >= 11 is 0. The van der Waals surface area contributed by atoms with E-state index in [0.29, 0.717) is 5.41 Å². The Hall–Kier alpha value is -0.0400. The Morgan fingerprint density at radius 2 is 2.11 bits per heavy atom. The van der Waals surface area contributed by atoms with Gasteiger partial charge in [0.15, 0.2) is 0 Å². The van der Waals surface area contributed by atoms with Crippen molar-refractivity contribution < 1.29 is 0 Å². The Morgan fingerprint density at radius 3 is 2.33 bits per heavy atom. The summed E-state index contributed by atoms with van der Waals surface area (Å²) in [5, 5.41) is 3.32. The second-order valence-corrected chi connectivity index (χ2v) is 3.89. The summed E-state index contributed by atoms with van der Waals surface area (Å²) in [7, 11) is 2.06. The van der Waals surface area contributed by atoms with Crippen LogP contribution in [0.25, 0.3) is 0 Å². The maximum atomic E-state index is 3.32. The summed E-state index contributed by atoms with van der Waals surface area (Å²) in [6.45, 7) is 4.70. The predicted octanol–water partition coefficient (Wildman–Crippen LogP) is 1.78. The van der Waals surface area contributed by atoms with Crippen molar-refractivity contribution >= 4 is 0 Å². The lowest BCUT2D eigenvalue weighted by atomic mass is 9.92. The molecule has 0 saturated heterocycles. The second-order valence-electron chi connectivity index (χ2n) is 3.89. The lowest BCUT2D eigenvalue weighted by Gasteiger charge is -2.16. The molecule has 1 N–H and O–H groups in total. The maximum Gasteiger partial charge on any atom is 0.00693 e. The standard InChI is InChI=1S/C8H17N/c1-8(2)5-4-7(6-8)9-3/h7,9H,4-6H2,1-3H3/t7-/m1/s1. The monoisotopic (exact) mass is 127 g/mol. The average Bonchev–Trinajstić information content (AvgIpc) is 2.10. The normalized spacial score (nSPS) is 33.0. The molecule has 1 atom stereocenters. The van der Waals surface area contributed by atoms with Gasteiger partial charge in [-0.25, -0.2) is 0 Å². The molecule has 1 saturated carbocycles. The average molecular weight is 127 g/mol. The van der Waals surface area contributed by atoms with E-state index in [1.807, 2.05) is 0 Å². The molecule has 0 unspecified atom stereocenters. The van der Waals surface area contributed by atoms with E-state index >= 15 is 0 Å². The Labute approximate surface area is 57.8 Å². The van der Waals surface area contributed by atoms with Crippen molar-refractivity contribution in [3.8, 4) is 0 Å². The van der Waals surface area contributed by atoms with Gasteiger partial charge in [-0.05, 0) is 31.7 Å². The first-order valence-electron chi connectivity index (χ1n) is 3.81. The Morgan fingerprint density at radius 1 is 1.44 bits per heavy atom. The summed E-state index contributed by atoms with van der Waals surface area (Å²) in [6.07, 6.45) is 4.10. The van der Waals surface area contributed by atoms with Crippen molar-refractivity contribution in [3.63, 3.8) is 0 Å². The third-order valence-corrected chi connectivity index (χ3v) is 2.38. The van der Waals surface area contributed by atoms with E-state index < -0.39 is 0 Å². The van der Waals surface area contributed by atoms with Crippen LogP contribution in [0.2, 0.25) is 0 Å². The van der Waals surface area contributed by atoms with Crippen LogP contribution in [0.1, 0.15) is 33.1 Å². The van der Waals surface area contributed by atoms with Crippen molar-refractivity contribution in [1.82, 2.24) is 5.32 Å². The summed E-state index contributed by atoms with van der Waals surface area (Å²) < 4.78 is 0. The molecule has 0 aromatic heterocycles. The van der Waals surface area contributed by atoms with Gasteiger partial charge in [0.25, 0.3) is 0 Å². The minimum absolute atomic E-state index is 0.605. The lowest BCUT2D eigenvalue weighted by molar-refractivity contribution is 0.369. The van der Waals surface area contributed by atoms with E-state index in [1.165, 1.54) is 19.3 Å². The van der Waals surface area contributed by atoms with Gasteiger partial charge in [-0.3, -0.25) is 0 Å². The van der Waals surface area contributed by atoms with Crippen molar-refractivity contribution in [3.05, 3.63) is 0 Å². The zero-order valence-electron chi connectivity index (χ0n) is 6.70. The molecule has 0 aliphatic heterocycles. The van der Waals surface area contributed by atoms with Crippen molar-refractivity contribution in [2.75, 3.05) is 7.05 Å². The van der Waals surface area contributed by atoms with E-state index in [1.54, 1.807) is 0 Å². The first kappa shape index (κ1) is 7.07. The molecule has 0 spiro atoms. The highest BCUT2D eigenvalue weighted by Crippen LogP contribution is 2.36. The van der Waals surface area contributed by atoms with Gasteiger partial charge in [0.2, 0.25) is 0 Å². The molecule has 0 aromatic carbocycles. The van der Waals surface area contributed by atoms with Crippen LogP contribution in [0.15, 0.2) is 0 Å². The maximum absolute atomic E-state index is 3.32.